The fraction of sp³-hybridized carbons (Fsp3) is 0.417. The summed E-state index contributed by atoms with van der Waals surface area (Å²) in [7, 11) is 0. The first-order valence-corrected chi connectivity index (χ1v) is 12.4. The predicted octanol–water partition coefficient (Wildman–Crippen LogP) is 4.86. The van der Waals surface area contributed by atoms with E-state index in [1.807, 2.05) is 4.52 Å². The summed E-state index contributed by atoms with van der Waals surface area (Å²) in [6.07, 6.45) is 8.03. The van der Waals surface area contributed by atoms with Crippen molar-refractivity contribution in [1.82, 2.24) is 39.9 Å². The highest BCUT2D eigenvalue weighted by molar-refractivity contribution is 7.22. The number of piperidine rings is 1. The molecule has 170 valence electrons. The van der Waals surface area contributed by atoms with Gasteiger partial charge in [-0.15, -0.1) is 16.4 Å². The van der Waals surface area contributed by atoms with Gasteiger partial charge in [-0.2, -0.15) is 5.10 Å². The van der Waals surface area contributed by atoms with Gasteiger partial charge in [0.05, 0.1) is 33.0 Å². The van der Waals surface area contributed by atoms with E-state index in [4.69, 9.17) is 0 Å². The van der Waals surface area contributed by atoms with Crippen molar-refractivity contribution in [2.75, 3.05) is 13.1 Å². The van der Waals surface area contributed by atoms with Crippen LogP contribution >= 0.6 is 11.3 Å². The van der Waals surface area contributed by atoms with E-state index in [2.05, 4.69) is 81.5 Å². The highest BCUT2D eigenvalue weighted by Crippen LogP contribution is 2.43. The van der Waals surface area contributed by atoms with Crippen LogP contribution in [0.25, 0.3) is 37.7 Å². The van der Waals surface area contributed by atoms with Crippen molar-refractivity contribution >= 4 is 27.2 Å². The fourth-order valence-corrected chi connectivity index (χ4v) is 6.24. The quantitative estimate of drug-likeness (QED) is 0.400. The molecule has 0 aliphatic carbocycles. The number of rotatable bonds is 4. The number of H-pyrrole nitrogens is 1. The average Bonchev–Trinajstić information content (AvgIpc) is 3.59. The minimum absolute atomic E-state index is 0.372. The zero-order valence-corrected chi connectivity index (χ0v) is 20.2. The summed E-state index contributed by atoms with van der Waals surface area (Å²) in [6, 6.07) is 2.66. The van der Waals surface area contributed by atoms with E-state index in [1.165, 1.54) is 27.1 Å². The van der Waals surface area contributed by atoms with Crippen molar-refractivity contribution in [3.8, 4) is 21.8 Å². The van der Waals surface area contributed by atoms with Gasteiger partial charge in [0.1, 0.15) is 12.0 Å². The molecule has 8 nitrogen and oxygen atoms in total. The van der Waals surface area contributed by atoms with Crippen molar-refractivity contribution in [2.45, 2.75) is 52.5 Å². The molecule has 6 rings (SSSR count). The van der Waals surface area contributed by atoms with Gasteiger partial charge in [0.2, 0.25) is 0 Å². The number of nitrogens with zero attached hydrogens (tertiary/aromatic N) is 6. The molecule has 0 spiro atoms. The molecule has 5 aromatic heterocycles. The Kier molecular flexibility index (Phi) is 4.84. The van der Waals surface area contributed by atoms with Crippen molar-refractivity contribution in [1.29, 1.82) is 0 Å². The van der Waals surface area contributed by atoms with Crippen LogP contribution in [0.3, 0.4) is 0 Å². The predicted molar refractivity (Wildman–Crippen MR) is 132 cm³/mol. The third-order valence-corrected chi connectivity index (χ3v) is 8.12. The number of thiophene rings is 1. The Morgan fingerprint density at radius 1 is 1.12 bits per heavy atom. The minimum atomic E-state index is 0.372. The number of aryl methyl sites for hydroxylation is 1. The summed E-state index contributed by atoms with van der Waals surface area (Å²) in [6.45, 7) is 10.9. The third-order valence-electron chi connectivity index (χ3n) is 6.92. The molecule has 9 heteroatoms. The fourth-order valence-electron chi connectivity index (χ4n) is 4.98. The van der Waals surface area contributed by atoms with Gasteiger partial charge in [-0.25, -0.2) is 14.2 Å². The average molecular weight is 461 g/mol. The van der Waals surface area contributed by atoms with Crippen molar-refractivity contribution in [3.05, 3.63) is 41.5 Å². The molecule has 5 aromatic rings. The lowest BCUT2D eigenvalue weighted by Gasteiger charge is -2.22. The number of aromatic amines is 1. The normalized spacial score (nSPS) is 15.4. The zero-order chi connectivity index (χ0) is 22.7. The van der Waals surface area contributed by atoms with Gasteiger partial charge in [-0.3, -0.25) is 0 Å². The van der Waals surface area contributed by atoms with Crippen molar-refractivity contribution in [2.24, 2.45) is 0 Å². The first-order valence-electron chi connectivity index (χ1n) is 11.6. The largest absolute Gasteiger partial charge is 0.354 e. The molecular formula is C24H28N8S. The van der Waals surface area contributed by atoms with Crippen LogP contribution in [-0.2, 0) is 0 Å². The highest BCUT2D eigenvalue weighted by atomic mass is 32.1. The molecule has 1 aliphatic rings. The zero-order valence-electron chi connectivity index (χ0n) is 19.4. The molecule has 0 unspecified atom stereocenters. The molecular weight excluding hydrogens is 432 g/mol. The molecule has 1 fully saturated rings. The Labute approximate surface area is 196 Å². The van der Waals surface area contributed by atoms with Crippen molar-refractivity contribution < 1.29 is 0 Å². The summed E-state index contributed by atoms with van der Waals surface area (Å²) in [5, 5.41) is 16.8. The van der Waals surface area contributed by atoms with E-state index in [0.29, 0.717) is 12.0 Å². The molecule has 0 radical (unpaired) electrons. The summed E-state index contributed by atoms with van der Waals surface area (Å²) in [5.41, 5.74) is 9.11. The molecule has 0 saturated carbocycles. The van der Waals surface area contributed by atoms with E-state index in [9.17, 15) is 0 Å². The Bertz CT molecular complexity index is 1460. The SMILES string of the molecule is Cc1c(-c2[nH]c3cc(-c4cn(C5CCNCC5)nn4)sc3c2C(C)C)cn2ncnc2c1C. The number of aromatic nitrogens is 7. The van der Waals surface area contributed by atoms with Gasteiger partial charge in [-0.05, 0) is 68.5 Å². The van der Waals surface area contributed by atoms with Crippen LogP contribution in [0, 0.1) is 13.8 Å². The Morgan fingerprint density at radius 2 is 1.94 bits per heavy atom. The summed E-state index contributed by atoms with van der Waals surface area (Å²) in [5.74, 6) is 0.372. The number of hydrogen-bond donors (Lipinski definition) is 2. The van der Waals surface area contributed by atoms with E-state index in [0.717, 1.165) is 53.2 Å². The topological polar surface area (TPSA) is 88.7 Å². The van der Waals surface area contributed by atoms with Gasteiger partial charge in [0.15, 0.2) is 5.65 Å². The molecule has 1 aliphatic heterocycles. The van der Waals surface area contributed by atoms with E-state index in [1.54, 1.807) is 17.7 Å². The van der Waals surface area contributed by atoms with Crippen LogP contribution < -0.4 is 5.32 Å². The Morgan fingerprint density at radius 3 is 2.73 bits per heavy atom. The standard InChI is InChI=1S/C24H28N8S/c1-13(2)21-22(17-10-32-24(26-12-27-32)15(4)14(17)3)28-18-9-20(33-23(18)21)19-11-31(30-29-19)16-5-7-25-8-6-16/h9-13,16,25,28H,5-8H2,1-4H3. The van der Waals surface area contributed by atoms with Crippen LogP contribution in [-0.4, -0.2) is 47.7 Å². The van der Waals surface area contributed by atoms with Gasteiger partial charge in [-0.1, -0.05) is 19.1 Å². The molecule has 0 amide bonds. The maximum absolute atomic E-state index is 4.52. The Hall–Kier alpha value is -3.04. The lowest BCUT2D eigenvalue weighted by molar-refractivity contribution is 0.337. The number of pyridine rings is 1. The van der Waals surface area contributed by atoms with Crippen LogP contribution in [0.2, 0.25) is 0 Å². The van der Waals surface area contributed by atoms with Gasteiger partial charge >= 0.3 is 0 Å². The van der Waals surface area contributed by atoms with Gasteiger partial charge in [0.25, 0.3) is 0 Å². The van der Waals surface area contributed by atoms with Gasteiger partial charge < -0.3 is 10.3 Å². The summed E-state index contributed by atoms with van der Waals surface area (Å²) in [4.78, 5) is 9.30. The molecule has 6 heterocycles. The van der Waals surface area contributed by atoms with Crippen LogP contribution in [0.1, 0.15) is 55.3 Å². The first kappa shape index (κ1) is 20.6. The molecule has 2 N–H and O–H groups in total. The lowest BCUT2D eigenvalue weighted by Crippen LogP contribution is -2.29. The Balaban J connectivity index is 1.44. The molecule has 33 heavy (non-hydrogen) atoms. The number of nitrogens with one attached hydrogen (secondary N) is 2. The lowest BCUT2D eigenvalue weighted by atomic mass is 9.96. The molecule has 1 saturated heterocycles. The second-order valence-electron chi connectivity index (χ2n) is 9.31. The second kappa shape index (κ2) is 7.78. The monoisotopic (exact) mass is 460 g/mol. The molecule has 0 bridgehead atoms. The van der Waals surface area contributed by atoms with Gasteiger partial charge in [0, 0.05) is 11.8 Å². The molecule has 0 atom stereocenters. The van der Waals surface area contributed by atoms with E-state index >= 15 is 0 Å². The maximum Gasteiger partial charge on any atom is 0.158 e. The van der Waals surface area contributed by atoms with Crippen molar-refractivity contribution in [3.63, 3.8) is 0 Å². The maximum atomic E-state index is 4.52. The van der Waals surface area contributed by atoms with E-state index in [-0.39, 0.29) is 0 Å². The first-order chi connectivity index (χ1) is 16.0. The van der Waals surface area contributed by atoms with Crippen LogP contribution in [0.15, 0.2) is 24.8 Å². The third kappa shape index (κ3) is 3.29. The van der Waals surface area contributed by atoms with Crippen LogP contribution in [0.4, 0.5) is 0 Å². The summed E-state index contributed by atoms with van der Waals surface area (Å²) < 4.78 is 5.22. The second-order valence-corrected chi connectivity index (χ2v) is 10.4. The highest BCUT2D eigenvalue weighted by Gasteiger charge is 2.23. The number of fused-ring (bicyclic) bond motifs is 2. The number of hydrogen-bond acceptors (Lipinski definition) is 6. The van der Waals surface area contributed by atoms with Crippen LogP contribution in [0.5, 0.6) is 0 Å². The van der Waals surface area contributed by atoms with E-state index < -0.39 is 0 Å². The summed E-state index contributed by atoms with van der Waals surface area (Å²) >= 11 is 1.80. The molecule has 0 aromatic carbocycles. The minimum Gasteiger partial charge on any atom is -0.354 e. The smallest absolute Gasteiger partial charge is 0.158 e.